The summed E-state index contributed by atoms with van der Waals surface area (Å²) in [6.45, 7) is 3.69. The summed E-state index contributed by atoms with van der Waals surface area (Å²) < 4.78 is 0. The minimum atomic E-state index is -0.0284. The summed E-state index contributed by atoms with van der Waals surface area (Å²) in [5, 5.41) is 3.26. The molecule has 1 N–H and O–H groups in total. The van der Waals surface area contributed by atoms with Crippen LogP contribution in [0.25, 0.3) is 0 Å². The molecule has 0 fully saturated rings. The Hall–Kier alpha value is -1.16. The van der Waals surface area contributed by atoms with E-state index in [1.807, 2.05) is 23.9 Å². The standard InChI is InChI=1S/C11H14N2OS/c1-7(14)12-9-4-5-10-11(6-9)15-8(2)13(10)3/h4-6,8H,1-3H3,(H,12,14). The summed E-state index contributed by atoms with van der Waals surface area (Å²) >= 11 is 1.81. The molecule has 0 spiro atoms. The summed E-state index contributed by atoms with van der Waals surface area (Å²) in [6.07, 6.45) is 0. The van der Waals surface area contributed by atoms with E-state index in [2.05, 4.69) is 30.3 Å². The number of hydrogen-bond donors (Lipinski definition) is 1. The van der Waals surface area contributed by atoms with Crippen LogP contribution in [-0.4, -0.2) is 18.3 Å². The first-order valence-electron chi connectivity index (χ1n) is 4.89. The van der Waals surface area contributed by atoms with Crippen LogP contribution in [0.3, 0.4) is 0 Å². The van der Waals surface area contributed by atoms with Crippen LogP contribution in [-0.2, 0) is 4.79 Å². The number of nitrogens with one attached hydrogen (secondary N) is 1. The Balaban J connectivity index is 2.29. The Labute approximate surface area is 93.8 Å². The lowest BCUT2D eigenvalue weighted by Crippen LogP contribution is -2.20. The largest absolute Gasteiger partial charge is 0.362 e. The summed E-state index contributed by atoms with van der Waals surface area (Å²) in [5.41, 5.74) is 2.11. The fourth-order valence-corrected chi connectivity index (χ4v) is 2.81. The molecule has 15 heavy (non-hydrogen) atoms. The predicted molar refractivity (Wildman–Crippen MR) is 64.5 cm³/mol. The molecule has 0 saturated carbocycles. The van der Waals surface area contributed by atoms with Crippen molar-refractivity contribution in [1.82, 2.24) is 0 Å². The van der Waals surface area contributed by atoms with Gasteiger partial charge in [-0.15, -0.1) is 0 Å². The molecule has 0 bridgehead atoms. The Kier molecular flexibility index (Phi) is 2.61. The van der Waals surface area contributed by atoms with E-state index in [-0.39, 0.29) is 5.91 Å². The van der Waals surface area contributed by atoms with Gasteiger partial charge in [0.2, 0.25) is 5.91 Å². The van der Waals surface area contributed by atoms with Gasteiger partial charge in [0.1, 0.15) is 0 Å². The average molecular weight is 222 g/mol. The smallest absolute Gasteiger partial charge is 0.221 e. The minimum absolute atomic E-state index is 0.0284. The van der Waals surface area contributed by atoms with Gasteiger partial charge >= 0.3 is 0 Å². The number of fused-ring (bicyclic) bond motifs is 1. The number of hydrogen-bond acceptors (Lipinski definition) is 3. The second kappa shape index (κ2) is 3.77. The molecule has 80 valence electrons. The van der Waals surface area contributed by atoms with Gasteiger partial charge in [-0.2, -0.15) is 0 Å². The Morgan fingerprint density at radius 2 is 2.27 bits per heavy atom. The molecule has 1 aliphatic heterocycles. The molecule has 1 amide bonds. The maximum absolute atomic E-state index is 10.9. The summed E-state index contributed by atoms with van der Waals surface area (Å²) in [5.74, 6) is -0.0284. The maximum Gasteiger partial charge on any atom is 0.221 e. The first kappa shape index (κ1) is 10.4. The van der Waals surface area contributed by atoms with Gasteiger partial charge in [0.05, 0.1) is 11.1 Å². The first-order chi connectivity index (χ1) is 7.08. The minimum Gasteiger partial charge on any atom is -0.362 e. The van der Waals surface area contributed by atoms with Gasteiger partial charge in [-0.1, -0.05) is 11.8 Å². The van der Waals surface area contributed by atoms with E-state index in [1.165, 1.54) is 17.5 Å². The van der Waals surface area contributed by atoms with Crippen LogP contribution in [0.5, 0.6) is 0 Å². The van der Waals surface area contributed by atoms with Gasteiger partial charge in [0.15, 0.2) is 0 Å². The predicted octanol–water partition coefficient (Wildman–Crippen LogP) is 2.53. The maximum atomic E-state index is 10.9. The third kappa shape index (κ3) is 1.95. The van der Waals surface area contributed by atoms with Crippen molar-refractivity contribution >= 4 is 29.0 Å². The lowest BCUT2D eigenvalue weighted by Gasteiger charge is -2.16. The molecule has 2 rings (SSSR count). The zero-order valence-electron chi connectivity index (χ0n) is 9.07. The van der Waals surface area contributed by atoms with Crippen molar-refractivity contribution in [3.63, 3.8) is 0 Å². The van der Waals surface area contributed by atoms with E-state index in [9.17, 15) is 4.79 Å². The van der Waals surface area contributed by atoms with E-state index in [1.54, 1.807) is 0 Å². The van der Waals surface area contributed by atoms with E-state index in [0.717, 1.165) is 5.69 Å². The molecule has 1 aliphatic rings. The zero-order valence-corrected chi connectivity index (χ0v) is 9.89. The van der Waals surface area contributed by atoms with Crippen LogP contribution < -0.4 is 10.2 Å². The van der Waals surface area contributed by atoms with Crippen LogP contribution in [0.1, 0.15) is 13.8 Å². The monoisotopic (exact) mass is 222 g/mol. The van der Waals surface area contributed by atoms with Crippen molar-refractivity contribution in [2.75, 3.05) is 17.3 Å². The Bertz CT molecular complexity index is 406. The fourth-order valence-electron chi connectivity index (χ4n) is 1.64. The quantitative estimate of drug-likeness (QED) is 0.792. The van der Waals surface area contributed by atoms with Crippen LogP contribution in [0.15, 0.2) is 23.1 Å². The van der Waals surface area contributed by atoms with Crippen LogP contribution in [0.4, 0.5) is 11.4 Å². The molecule has 1 heterocycles. The molecule has 0 aromatic heterocycles. The van der Waals surface area contributed by atoms with Crippen LogP contribution in [0.2, 0.25) is 0 Å². The number of amides is 1. The van der Waals surface area contributed by atoms with Crippen molar-refractivity contribution in [1.29, 1.82) is 0 Å². The molecular formula is C11H14N2OS. The molecule has 3 nitrogen and oxygen atoms in total. The molecule has 0 aliphatic carbocycles. The highest BCUT2D eigenvalue weighted by atomic mass is 32.2. The van der Waals surface area contributed by atoms with Crippen molar-refractivity contribution in [3.8, 4) is 0 Å². The third-order valence-corrected chi connectivity index (χ3v) is 3.74. The molecule has 1 atom stereocenters. The van der Waals surface area contributed by atoms with Gasteiger partial charge in [0.25, 0.3) is 0 Å². The highest BCUT2D eigenvalue weighted by Crippen LogP contribution is 2.43. The number of rotatable bonds is 1. The topological polar surface area (TPSA) is 32.3 Å². The van der Waals surface area contributed by atoms with Crippen molar-refractivity contribution in [2.45, 2.75) is 24.1 Å². The van der Waals surface area contributed by atoms with Crippen molar-refractivity contribution in [3.05, 3.63) is 18.2 Å². The average Bonchev–Trinajstić information content (AvgIpc) is 2.41. The second-order valence-corrected chi connectivity index (χ2v) is 5.05. The zero-order chi connectivity index (χ0) is 11.0. The van der Waals surface area contributed by atoms with Gasteiger partial charge in [-0.05, 0) is 25.1 Å². The van der Waals surface area contributed by atoms with E-state index in [0.29, 0.717) is 5.37 Å². The van der Waals surface area contributed by atoms with E-state index >= 15 is 0 Å². The summed E-state index contributed by atoms with van der Waals surface area (Å²) in [6, 6.07) is 6.02. The van der Waals surface area contributed by atoms with Crippen molar-refractivity contribution < 1.29 is 4.79 Å². The molecule has 1 aromatic carbocycles. The number of thioether (sulfide) groups is 1. The number of benzene rings is 1. The Morgan fingerprint density at radius 1 is 1.53 bits per heavy atom. The molecule has 1 aromatic rings. The second-order valence-electron chi connectivity index (χ2n) is 3.69. The van der Waals surface area contributed by atoms with Gasteiger partial charge in [-0.25, -0.2) is 0 Å². The van der Waals surface area contributed by atoms with Crippen LogP contribution >= 0.6 is 11.8 Å². The number of nitrogens with zero attached hydrogens (tertiary/aromatic N) is 1. The first-order valence-corrected chi connectivity index (χ1v) is 5.77. The fraction of sp³-hybridized carbons (Fsp3) is 0.364. The van der Waals surface area contributed by atoms with Gasteiger partial charge in [0, 0.05) is 24.6 Å². The SMILES string of the molecule is CC(=O)Nc1ccc2c(c1)SC(C)N2C. The molecule has 0 radical (unpaired) electrons. The highest BCUT2D eigenvalue weighted by molar-refractivity contribution is 8.00. The molecular weight excluding hydrogens is 208 g/mol. The van der Waals surface area contributed by atoms with Gasteiger partial charge < -0.3 is 10.2 Å². The highest BCUT2D eigenvalue weighted by Gasteiger charge is 2.23. The van der Waals surface area contributed by atoms with Gasteiger partial charge in [-0.3, -0.25) is 4.79 Å². The van der Waals surface area contributed by atoms with Crippen molar-refractivity contribution in [2.24, 2.45) is 0 Å². The Morgan fingerprint density at radius 3 is 2.93 bits per heavy atom. The number of anilines is 2. The molecule has 0 saturated heterocycles. The summed E-state index contributed by atoms with van der Waals surface area (Å²) in [7, 11) is 2.08. The third-order valence-electron chi connectivity index (χ3n) is 2.50. The lowest BCUT2D eigenvalue weighted by atomic mass is 10.2. The molecule has 4 heteroatoms. The van der Waals surface area contributed by atoms with E-state index < -0.39 is 0 Å². The lowest BCUT2D eigenvalue weighted by molar-refractivity contribution is -0.114. The molecule has 1 unspecified atom stereocenters. The normalized spacial score (nSPS) is 18.9. The van der Waals surface area contributed by atoms with E-state index in [4.69, 9.17) is 0 Å². The summed E-state index contributed by atoms with van der Waals surface area (Å²) in [4.78, 5) is 14.4. The number of carbonyl (C=O) groups excluding carboxylic acids is 1. The number of carbonyl (C=O) groups is 1. The van der Waals surface area contributed by atoms with Crippen LogP contribution in [0, 0.1) is 0 Å².